The topological polar surface area (TPSA) is 37.2 Å². The Kier molecular flexibility index (Phi) is 5.51. The van der Waals surface area contributed by atoms with E-state index in [4.69, 9.17) is 0 Å². The van der Waals surface area contributed by atoms with Crippen molar-refractivity contribution in [2.45, 2.75) is 19.6 Å². The molecule has 0 atom stereocenters. The zero-order valence-electron chi connectivity index (χ0n) is 17.0. The van der Waals surface area contributed by atoms with Gasteiger partial charge in [0.2, 0.25) is 0 Å². The van der Waals surface area contributed by atoms with E-state index in [1.54, 1.807) is 6.20 Å². The Morgan fingerprint density at radius 3 is 2.30 bits per heavy atom. The Balaban J connectivity index is 1.48. The minimum Gasteiger partial charge on any atom is -0.354 e. The highest BCUT2D eigenvalue weighted by Crippen LogP contribution is 2.33. The fourth-order valence-corrected chi connectivity index (χ4v) is 3.77. The van der Waals surface area contributed by atoms with Gasteiger partial charge in [-0.05, 0) is 36.8 Å². The standard InChI is InChI=1S/C22H24F3N5/c1-16-18(14-27-28(16)2)15-29-10-12-30(13-11-29)21-20(4-3-9-26-21)17-5-7-19(8-6-17)22(23,24)25/h3-9,14H,10-13,15H2,1-2H3. The van der Waals surface area contributed by atoms with Crippen LogP contribution in [0, 0.1) is 6.92 Å². The van der Waals surface area contributed by atoms with Crippen molar-refractivity contribution in [1.29, 1.82) is 0 Å². The van der Waals surface area contributed by atoms with Crippen LogP contribution in [0.1, 0.15) is 16.8 Å². The second kappa shape index (κ2) is 8.10. The van der Waals surface area contributed by atoms with Crippen molar-refractivity contribution in [3.05, 3.63) is 65.6 Å². The van der Waals surface area contributed by atoms with Gasteiger partial charge in [-0.15, -0.1) is 0 Å². The molecule has 0 unspecified atom stereocenters. The van der Waals surface area contributed by atoms with Crippen molar-refractivity contribution < 1.29 is 13.2 Å². The van der Waals surface area contributed by atoms with E-state index in [2.05, 4.69) is 26.8 Å². The summed E-state index contributed by atoms with van der Waals surface area (Å²) in [6.45, 7) is 6.33. The summed E-state index contributed by atoms with van der Waals surface area (Å²) in [7, 11) is 1.95. The molecule has 1 aliphatic heterocycles. The predicted molar refractivity (Wildman–Crippen MR) is 110 cm³/mol. The van der Waals surface area contributed by atoms with Gasteiger partial charge in [-0.25, -0.2) is 4.98 Å². The van der Waals surface area contributed by atoms with Gasteiger partial charge in [0.05, 0.1) is 11.8 Å². The molecule has 0 spiro atoms. The quantitative estimate of drug-likeness (QED) is 0.642. The van der Waals surface area contributed by atoms with Crippen LogP contribution < -0.4 is 4.90 Å². The fourth-order valence-electron chi connectivity index (χ4n) is 3.77. The van der Waals surface area contributed by atoms with Crippen LogP contribution in [0.2, 0.25) is 0 Å². The maximum absolute atomic E-state index is 12.9. The zero-order chi connectivity index (χ0) is 21.3. The van der Waals surface area contributed by atoms with Crippen LogP contribution in [0.15, 0.2) is 48.8 Å². The van der Waals surface area contributed by atoms with Crippen molar-refractivity contribution in [3.8, 4) is 11.1 Å². The first-order chi connectivity index (χ1) is 14.3. The third-order valence-corrected chi connectivity index (χ3v) is 5.71. The molecule has 3 heterocycles. The first-order valence-corrected chi connectivity index (χ1v) is 9.90. The molecule has 1 fully saturated rings. The van der Waals surface area contributed by atoms with Gasteiger partial charge in [0, 0.05) is 62.8 Å². The van der Waals surface area contributed by atoms with Gasteiger partial charge in [-0.3, -0.25) is 9.58 Å². The smallest absolute Gasteiger partial charge is 0.354 e. The highest BCUT2D eigenvalue weighted by atomic mass is 19.4. The van der Waals surface area contributed by atoms with Crippen LogP contribution in [0.3, 0.4) is 0 Å². The second-order valence-electron chi connectivity index (χ2n) is 7.59. The lowest BCUT2D eigenvalue weighted by molar-refractivity contribution is -0.137. The summed E-state index contributed by atoms with van der Waals surface area (Å²) in [6.07, 6.45) is -0.684. The summed E-state index contributed by atoms with van der Waals surface area (Å²) >= 11 is 0. The maximum atomic E-state index is 12.9. The van der Waals surface area contributed by atoms with Crippen molar-refractivity contribution >= 4 is 5.82 Å². The Bertz CT molecular complexity index is 1000. The van der Waals surface area contributed by atoms with Crippen LogP contribution in [-0.2, 0) is 19.8 Å². The number of alkyl halides is 3. The van der Waals surface area contributed by atoms with Crippen molar-refractivity contribution in [2.75, 3.05) is 31.1 Å². The summed E-state index contributed by atoms with van der Waals surface area (Å²) in [5.74, 6) is 0.814. The molecule has 0 amide bonds. The van der Waals surface area contributed by atoms with Gasteiger partial charge in [0.15, 0.2) is 0 Å². The lowest BCUT2D eigenvalue weighted by atomic mass is 10.0. The average Bonchev–Trinajstić information content (AvgIpc) is 3.06. The first-order valence-electron chi connectivity index (χ1n) is 9.90. The highest BCUT2D eigenvalue weighted by Gasteiger charge is 2.30. The fraction of sp³-hybridized carbons (Fsp3) is 0.364. The summed E-state index contributed by atoms with van der Waals surface area (Å²) in [6, 6.07) is 9.02. The number of aryl methyl sites for hydroxylation is 1. The lowest BCUT2D eigenvalue weighted by Crippen LogP contribution is -2.46. The molecule has 8 heteroatoms. The summed E-state index contributed by atoms with van der Waals surface area (Å²) < 4.78 is 40.5. The number of piperazine rings is 1. The van der Waals surface area contributed by atoms with E-state index >= 15 is 0 Å². The molecule has 0 aliphatic carbocycles. The molecule has 1 aromatic carbocycles. The Labute approximate surface area is 173 Å². The van der Waals surface area contributed by atoms with Gasteiger partial charge < -0.3 is 4.90 Å². The van der Waals surface area contributed by atoms with E-state index in [0.717, 1.165) is 61.8 Å². The molecular weight excluding hydrogens is 391 g/mol. The molecular formula is C22H24F3N5. The van der Waals surface area contributed by atoms with Crippen molar-refractivity contribution in [1.82, 2.24) is 19.7 Å². The molecule has 0 radical (unpaired) electrons. The van der Waals surface area contributed by atoms with Gasteiger partial charge in [-0.1, -0.05) is 12.1 Å². The van der Waals surface area contributed by atoms with Crippen molar-refractivity contribution in [3.63, 3.8) is 0 Å². The second-order valence-corrected chi connectivity index (χ2v) is 7.59. The molecule has 0 bridgehead atoms. The van der Waals surface area contributed by atoms with Crippen LogP contribution >= 0.6 is 0 Å². The minimum atomic E-state index is -4.33. The average molecular weight is 415 g/mol. The number of benzene rings is 1. The van der Waals surface area contributed by atoms with Crippen LogP contribution in [0.25, 0.3) is 11.1 Å². The predicted octanol–water partition coefficient (Wildman–Crippen LogP) is 4.13. The van der Waals surface area contributed by atoms with Gasteiger partial charge in [0.1, 0.15) is 5.82 Å². The number of nitrogens with zero attached hydrogens (tertiary/aromatic N) is 5. The maximum Gasteiger partial charge on any atom is 0.416 e. The van der Waals surface area contributed by atoms with Crippen molar-refractivity contribution in [2.24, 2.45) is 7.05 Å². The van der Waals surface area contributed by atoms with E-state index in [1.807, 2.05) is 30.1 Å². The van der Waals surface area contributed by atoms with Crippen LogP contribution in [0.4, 0.5) is 19.0 Å². The molecule has 30 heavy (non-hydrogen) atoms. The number of hydrogen-bond acceptors (Lipinski definition) is 4. The highest BCUT2D eigenvalue weighted by molar-refractivity contribution is 5.76. The Hall–Kier alpha value is -2.87. The number of pyridine rings is 1. The Morgan fingerprint density at radius 1 is 1.00 bits per heavy atom. The molecule has 2 aromatic heterocycles. The van der Waals surface area contributed by atoms with E-state index in [1.165, 1.54) is 23.4 Å². The van der Waals surface area contributed by atoms with Gasteiger partial charge >= 0.3 is 6.18 Å². The van der Waals surface area contributed by atoms with Crippen LogP contribution in [-0.4, -0.2) is 45.8 Å². The van der Waals surface area contributed by atoms with E-state index in [-0.39, 0.29) is 0 Å². The zero-order valence-corrected chi connectivity index (χ0v) is 17.0. The number of aromatic nitrogens is 3. The summed E-state index contributed by atoms with van der Waals surface area (Å²) in [4.78, 5) is 9.15. The summed E-state index contributed by atoms with van der Waals surface area (Å²) in [5, 5.41) is 4.31. The first kappa shape index (κ1) is 20.4. The molecule has 1 aliphatic rings. The van der Waals surface area contributed by atoms with Gasteiger partial charge in [-0.2, -0.15) is 18.3 Å². The Morgan fingerprint density at radius 2 is 1.70 bits per heavy atom. The summed E-state index contributed by atoms with van der Waals surface area (Å²) in [5.41, 5.74) is 3.35. The van der Waals surface area contributed by atoms with Gasteiger partial charge in [0.25, 0.3) is 0 Å². The molecule has 3 aromatic rings. The van der Waals surface area contributed by atoms with E-state index in [9.17, 15) is 13.2 Å². The molecule has 0 saturated carbocycles. The van der Waals surface area contributed by atoms with E-state index < -0.39 is 11.7 Å². The molecule has 0 N–H and O–H groups in total. The lowest BCUT2D eigenvalue weighted by Gasteiger charge is -2.36. The SMILES string of the molecule is Cc1c(CN2CCN(c3ncccc3-c3ccc(C(F)(F)F)cc3)CC2)cnn1C. The number of hydrogen-bond donors (Lipinski definition) is 0. The molecule has 158 valence electrons. The largest absolute Gasteiger partial charge is 0.416 e. The molecule has 1 saturated heterocycles. The number of halogens is 3. The molecule has 4 rings (SSSR count). The molecule has 5 nitrogen and oxygen atoms in total. The normalized spacial score (nSPS) is 15.6. The van der Waals surface area contributed by atoms with E-state index in [0.29, 0.717) is 0 Å². The number of anilines is 1. The minimum absolute atomic E-state index is 0.643. The van der Waals surface area contributed by atoms with Crippen LogP contribution in [0.5, 0.6) is 0 Å². The third-order valence-electron chi connectivity index (χ3n) is 5.71. The number of rotatable bonds is 4. The third kappa shape index (κ3) is 4.18. The monoisotopic (exact) mass is 415 g/mol.